The van der Waals surface area contributed by atoms with Crippen molar-refractivity contribution in [2.75, 3.05) is 0 Å². The van der Waals surface area contributed by atoms with Gasteiger partial charge in [-0.2, -0.15) is 0 Å². The van der Waals surface area contributed by atoms with Crippen LogP contribution >= 0.6 is 0 Å². The third-order valence-electron chi connectivity index (χ3n) is 3.40. The van der Waals surface area contributed by atoms with E-state index < -0.39 is 5.60 Å². The maximum absolute atomic E-state index is 10.1. The molecule has 0 spiro atoms. The van der Waals surface area contributed by atoms with Crippen LogP contribution < -0.4 is 0 Å². The summed E-state index contributed by atoms with van der Waals surface area (Å²) in [5, 5.41) is 10.1. The highest BCUT2D eigenvalue weighted by Gasteiger charge is 2.19. The lowest BCUT2D eigenvalue weighted by Gasteiger charge is -2.20. The van der Waals surface area contributed by atoms with Crippen molar-refractivity contribution in [3.05, 3.63) is 53.2 Å². The van der Waals surface area contributed by atoms with Gasteiger partial charge in [0.25, 0.3) is 0 Å². The predicted octanol–water partition coefficient (Wildman–Crippen LogP) is 3.85. The Kier molecular flexibility index (Phi) is 3.72. The van der Waals surface area contributed by atoms with E-state index in [1.54, 1.807) is 13.8 Å². The highest BCUT2D eigenvalue weighted by molar-refractivity contribution is 5.60. The van der Waals surface area contributed by atoms with Crippen molar-refractivity contribution < 1.29 is 5.11 Å². The van der Waals surface area contributed by atoms with E-state index in [4.69, 9.17) is 0 Å². The Hall–Kier alpha value is -1.67. The van der Waals surface area contributed by atoms with E-state index >= 15 is 0 Å². The summed E-state index contributed by atoms with van der Waals surface area (Å²) in [4.78, 5) is 4.61. The van der Waals surface area contributed by atoms with Crippen molar-refractivity contribution >= 4 is 0 Å². The Morgan fingerprint density at radius 1 is 1.05 bits per heavy atom. The lowest BCUT2D eigenvalue weighted by Crippen LogP contribution is -2.17. The van der Waals surface area contributed by atoms with Gasteiger partial charge in [-0.05, 0) is 38.8 Å². The quantitative estimate of drug-likeness (QED) is 0.903. The summed E-state index contributed by atoms with van der Waals surface area (Å²) in [7, 11) is 0. The number of benzene rings is 1. The van der Waals surface area contributed by atoms with Crippen molar-refractivity contribution in [2.24, 2.45) is 0 Å². The average Bonchev–Trinajstić information content (AvgIpc) is 2.37. The molecule has 2 rings (SSSR count). The van der Waals surface area contributed by atoms with Crippen molar-refractivity contribution in [1.29, 1.82) is 0 Å². The van der Waals surface area contributed by atoms with E-state index in [9.17, 15) is 5.11 Å². The predicted molar refractivity (Wildman–Crippen MR) is 79.0 cm³/mol. The number of rotatable bonds is 3. The minimum atomic E-state index is -0.846. The maximum Gasteiger partial charge on any atom is 0.0857 e. The summed E-state index contributed by atoms with van der Waals surface area (Å²) in [5.41, 5.74) is 4.30. The van der Waals surface area contributed by atoms with Gasteiger partial charge < -0.3 is 5.11 Å². The Balaban J connectivity index is 2.38. The third-order valence-corrected chi connectivity index (χ3v) is 3.40. The number of hydrogen-bond acceptors (Lipinski definition) is 2. The van der Waals surface area contributed by atoms with E-state index in [2.05, 4.69) is 36.2 Å². The Bertz CT molecular complexity index is 565. The molecule has 0 atom stereocenters. The molecule has 1 aromatic heterocycles. The molecule has 0 amide bonds. The number of aliphatic hydroxyl groups is 1. The standard InChI is InChI=1S/C17H21NO/c1-5-13-6-8-14(9-7-13)16-11-10-15(12(2)18-16)17(3,4)19/h6-11,19H,5H2,1-4H3. The van der Waals surface area contributed by atoms with Gasteiger partial charge in [-0.15, -0.1) is 0 Å². The SMILES string of the molecule is CCc1ccc(-c2ccc(C(C)(C)O)c(C)n2)cc1. The molecule has 0 bridgehead atoms. The van der Waals surface area contributed by atoms with Crippen molar-refractivity contribution in [1.82, 2.24) is 4.98 Å². The zero-order chi connectivity index (χ0) is 14.0. The van der Waals surface area contributed by atoms with Gasteiger partial charge in [0.05, 0.1) is 11.3 Å². The molecule has 0 unspecified atom stereocenters. The molecule has 0 aliphatic heterocycles. The zero-order valence-electron chi connectivity index (χ0n) is 12.1. The fraction of sp³-hybridized carbons (Fsp3) is 0.353. The fourth-order valence-corrected chi connectivity index (χ4v) is 2.28. The highest BCUT2D eigenvalue weighted by Crippen LogP contribution is 2.25. The van der Waals surface area contributed by atoms with E-state index in [1.807, 2.05) is 19.1 Å². The molecule has 1 heterocycles. The minimum absolute atomic E-state index is 0.846. The number of pyridine rings is 1. The maximum atomic E-state index is 10.1. The molecule has 1 N–H and O–H groups in total. The molecule has 0 aliphatic carbocycles. The van der Waals surface area contributed by atoms with Gasteiger partial charge in [-0.3, -0.25) is 4.98 Å². The van der Waals surface area contributed by atoms with Gasteiger partial charge in [-0.25, -0.2) is 0 Å². The number of aromatic nitrogens is 1. The molecule has 0 radical (unpaired) electrons. The van der Waals surface area contributed by atoms with Crippen LogP contribution in [0.1, 0.15) is 37.6 Å². The van der Waals surface area contributed by atoms with Crippen LogP contribution in [0.15, 0.2) is 36.4 Å². The first-order valence-corrected chi connectivity index (χ1v) is 6.71. The van der Waals surface area contributed by atoms with Crippen LogP contribution in [0.5, 0.6) is 0 Å². The van der Waals surface area contributed by atoms with Gasteiger partial charge in [0, 0.05) is 16.8 Å². The topological polar surface area (TPSA) is 33.1 Å². The molecule has 0 fully saturated rings. The lowest BCUT2D eigenvalue weighted by atomic mass is 9.96. The molecule has 2 aromatic rings. The van der Waals surface area contributed by atoms with Crippen LogP contribution in [-0.4, -0.2) is 10.1 Å². The molecule has 2 nitrogen and oxygen atoms in total. The molecule has 100 valence electrons. The molecule has 0 saturated carbocycles. The average molecular weight is 255 g/mol. The summed E-state index contributed by atoms with van der Waals surface area (Å²) >= 11 is 0. The van der Waals surface area contributed by atoms with Crippen LogP contribution in [-0.2, 0) is 12.0 Å². The van der Waals surface area contributed by atoms with E-state index in [0.717, 1.165) is 28.9 Å². The van der Waals surface area contributed by atoms with Gasteiger partial charge in [0.2, 0.25) is 0 Å². The second kappa shape index (κ2) is 5.14. The van der Waals surface area contributed by atoms with Crippen molar-refractivity contribution in [3.63, 3.8) is 0 Å². The van der Waals surface area contributed by atoms with Gasteiger partial charge >= 0.3 is 0 Å². The molecule has 0 saturated heterocycles. The monoisotopic (exact) mass is 255 g/mol. The summed E-state index contributed by atoms with van der Waals surface area (Å²) in [6.45, 7) is 7.66. The molecule has 1 aromatic carbocycles. The zero-order valence-corrected chi connectivity index (χ0v) is 12.1. The van der Waals surface area contributed by atoms with Gasteiger partial charge in [0.15, 0.2) is 0 Å². The summed E-state index contributed by atoms with van der Waals surface area (Å²) in [6, 6.07) is 12.4. The van der Waals surface area contributed by atoms with Gasteiger partial charge in [-0.1, -0.05) is 37.3 Å². The smallest absolute Gasteiger partial charge is 0.0857 e. The Labute approximate surface area is 115 Å². The lowest BCUT2D eigenvalue weighted by molar-refractivity contribution is 0.0775. The number of aryl methyl sites for hydroxylation is 2. The molecule has 2 heteroatoms. The third kappa shape index (κ3) is 3.02. The normalized spacial score (nSPS) is 11.6. The molecular weight excluding hydrogens is 234 g/mol. The molecular formula is C17H21NO. The van der Waals surface area contributed by atoms with E-state index in [1.165, 1.54) is 5.56 Å². The number of nitrogens with zero attached hydrogens (tertiary/aromatic N) is 1. The molecule has 0 aliphatic rings. The second-order valence-corrected chi connectivity index (χ2v) is 5.44. The van der Waals surface area contributed by atoms with Gasteiger partial charge in [0.1, 0.15) is 0 Å². The number of hydrogen-bond donors (Lipinski definition) is 1. The van der Waals surface area contributed by atoms with Crippen LogP contribution in [0.3, 0.4) is 0 Å². The Morgan fingerprint density at radius 3 is 2.16 bits per heavy atom. The first-order valence-electron chi connectivity index (χ1n) is 6.71. The minimum Gasteiger partial charge on any atom is -0.386 e. The fourth-order valence-electron chi connectivity index (χ4n) is 2.28. The van der Waals surface area contributed by atoms with Crippen LogP contribution in [0.4, 0.5) is 0 Å². The van der Waals surface area contributed by atoms with E-state index in [-0.39, 0.29) is 0 Å². The van der Waals surface area contributed by atoms with Crippen LogP contribution in [0, 0.1) is 6.92 Å². The summed E-state index contributed by atoms with van der Waals surface area (Å²) < 4.78 is 0. The van der Waals surface area contributed by atoms with Crippen LogP contribution in [0.25, 0.3) is 11.3 Å². The largest absolute Gasteiger partial charge is 0.386 e. The first-order chi connectivity index (χ1) is 8.91. The molecule has 19 heavy (non-hydrogen) atoms. The first kappa shape index (κ1) is 13.8. The highest BCUT2D eigenvalue weighted by atomic mass is 16.3. The summed E-state index contributed by atoms with van der Waals surface area (Å²) in [6.07, 6.45) is 1.05. The second-order valence-electron chi connectivity index (χ2n) is 5.44. The van der Waals surface area contributed by atoms with Crippen LogP contribution in [0.2, 0.25) is 0 Å². The van der Waals surface area contributed by atoms with Crippen molar-refractivity contribution in [2.45, 2.75) is 39.7 Å². The van der Waals surface area contributed by atoms with E-state index in [0.29, 0.717) is 0 Å². The summed E-state index contributed by atoms with van der Waals surface area (Å²) in [5.74, 6) is 0. The van der Waals surface area contributed by atoms with Crippen molar-refractivity contribution in [3.8, 4) is 11.3 Å². The Morgan fingerprint density at radius 2 is 1.68 bits per heavy atom.